The molecular weight excluding hydrogens is 329 g/mol. The van der Waals surface area contributed by atoms with Gasteiger partial charge in [0.15, 0.2) is 0 Å². The van der Waals surface area contributed by atoms with Crippen molar-refractivity contribution < 1.29 is 8.81 Å². The van der Waals surface area contributed by atoms with Gasteiger partial charge >= 0.3 is 0 Å². The van der Waals surface area contributed by atoms with Crippen LogP contribution in [0, 0.1) is 12.7 Å². The number of nitrogens with zero attached hydrogens (tertiary/aromatic N) is 3. The van der Waals surface area contributed by atoms with Gasteiger partial charge in [-0.05, 0) is 30.5 Å². The number of aryl methyl sites for hydroxylation is 1. The van der Waals surface area contributed by atoms with E-state index in [4.69, 9.17) is 4.42 Å². The first kappa shape index (κ1) is 14.8. The van der Waals surface area contributed by atoms with E-state index in [0.29, 0.717) is 28.2 Å². The maximum Gasteiger partial charge on any atom is 0.261 e. The summed E-state index contributed by atoms with van der Waals surface area (Å²) in [5, 5.41) is 2.32. The van der Waals surface area contributed by atoms with Crippen LogP contribution in [-0.2, 0) is 6.54 Å². The van der Waals surface area contributed by atoms with Gasteiger partial charge in [-0.25, -0.2) is 14.4 Å². The molecular formula is C17H12FN3O2S. The molecule has 0 amide bonds. The van der Waals surface area contributed by atoms with Crippen molar-refractivity contribution in [2.75, 3.05) is 0 Å². The van der Waals surface area contributed by atoms with E-state index >= 15 is 0 Å². The SMILES string of the molecule is Cc1oc(-c2cccs2)nc1Cn1cnc2cc(F)ccc2c1=O. The highest BCUT2D eigenvalue weighted by atomic mass is 32.1. The number of oxazole rings is 1. The van der Waals surface area contributed by atoms with Crippen LogP contribution in [0.5, 0.6) is 0 Å². The van der Waals surface area contributed by atoms with E-state index < -0.39 is 5.82 Å². The van der Waals surface area contributed by atoms with Crippen LogP contribution in [0.25, 0.3) is 21.7 Å². The van der Waals surface area contributed by atoms with Crippen molar-refractivity contribution in [3.63, 3.8) is 0 Å². The van der Waals surface area contributed by atoms with Crippen LogP contribution >= 0.6 is 11.3 Å². The Labute approximate surface area is 140 Å². The standard InChI is InChI=1S/C17H12FN3O2S/c1-10-14(20-16(23-10)15-3-2-6-24-15)8-21-9-19-13-7-11(18)4-5-12(13)17(21)22/h2-7,9H,8H2,1H3. The first-order valence-electron chi connectivity index (χ1n) is 7.27. The third-order valence-corrected chi connectivity index (χ3v) is 4.59. The van der Waals surface area contributed by atoms with E-state index in [-0.39, 0.29) is 12.1 Å². The van der Waals surface area contributed by atoms with E-state index in [0.717, 1.165) is 4.88 Å². The van der Waals surface area contributed by atoms with Gasteiger partial charge in [0, 0.05) is 6.07 Å². The third-order valence-electron chi connectivity index (χ3n) is 3.73. The van der Waals surface area contributed by atoms with Crippen molar-refractivity contribution >= 4 is 22.2 Å². The maximum absolute atomic E-state index is 13.2. The molecule has 0 fully saturated rings. The van der Waals surface area contributed by atoms with Crippen LogP contribution < -0.4 is 5.56 Å². The van der Waals surface area contributed by atoms with Crippen molar-refractivity contribution in [3.8, 4) is 10.8 Å². The topological polar surface area (TPSA) is 60.9 Å². The highest BCUT2D eigenvalue weighted by Gasteiger charge is 2.14. The van der Waals surface area contributed by atoms with E-state index in [1.165, 1.54) is 40.4 Å². The summed E-state index contributed by atoms with van der Waals surface area (Å²) in [5.41, 5.74) is 0.774. The Morgan fingerprint density at radius 1 is 1.33 bits per heavy atom. The number of halogens is 1. The minimum absolute atomic E-state index is 0.236. The van der Waals surface area contributed by atoms with Gasteiger partial charge < -0.3 is 4.42 Å². The monoisotopic (exact) mass is 341 g/mol. The van der Waals surface area contributed by atoms with E-state index in [9.17, 15) is 9.18 Å². The molecule has 0 N–H and O–H groups in total. The number of benzene rings is 1. The maximum atomic E-state index is 13.2. The van der Waals surface area contributed by atoms with Gasteiger partial charge in [-0.2, -0.15) is 0 Å². The van der Waals surface area contributed by atoms with Gasteiger partial charge in [0.2, 0.25) is 5.89 Å². The summed E-state index contributed by atoms with van der Waals surface area (Å²) < 4.78 is 20.4. The fraction of sp³-hybridized carbons (Fsp3) is 0.118. The molecule has 4 rings (SSSR count). The second-order valence-electron chi connectivity index (χ2n) is 5.34. The summed E-state index contributed by atoms with van der Waals surface area (Å²) in [6.45, 7) is 2.06. The summed E-state index contributed by atoms with van der Waals surface area (Å²) >= 11 is 1.54. The average Bonchev–Trinajstić information content (AvgIpc) is 3.20. The summed E-state index contributed by atoms with van der Waals surface area (Å²) in [7, 11) is 0. The molecule has 0 aliphatic rings. The van der Waals surface area contributed by atoms with Crippen molar-refractivity contribution in [2.45, 2.75) is 13.5 Å². The Balaban J connectivity index is 1.73. The Morgan fingerprint density at radius 3 is 3.00 bits per heavy atom. The van der Waals surface area contributed by atoms with Crippen LogP contribution in [0.3, 0.4) is 0 Å². The molecule has 120 valence electrons. The smallest absolute Gasteiger partial charge is 0.261 e. The molecule has 0 unspecified atom stereocenters. The van der Waals surface area contributed by atoms with E-state index in [1.807, 2.05) is 24.4 Å². The molecule has 24 heavy (non-hydrogen) atoms. The molecule has 0 saturated heterocycles. The van der Waals surface area contributed by atoms with Gasteiger partial charge in [-0.15, -0.1) is 11.3 Å². The lowest BCUT2D eigenvalue weighted by Crippen LogP contribution is -2.21. The first-order chi connectivity index (χ1) is 11.6. The number of hydrogen-bond acceptors (Lipinski definition) is 5. The minimum Gasteiger partial charge on any atom is -0.440 e. The van der Waals surface area contributed by atoms with Crippen LogP contribution in [-0.4, -0.2) is 14.5 Å². The molecule has 0 spiro atoms. The molecule has 0 atom stereocenters. The lowest BCUT2D eigenvalue weighted by Gasteiger charge is -2.05. The zero-order valence-electron chi connectivity index (χ0n) is 12.7. The second-order valence-corrected chi connectivity index (χ2v) is 6.29. The highest BCUT2D eigenvalue weighted by Crippen LogP contribution is 2.26. The van der Waals surface area contributed by atoms with Crippen molar-refractivity contribution in [1.82, 2.24) is 14.5 Å². The summed E-state index contributed by atoms with van der Waals surface area (Å²) in [4.78, 5) is 22.1. The zero-order chi connectivity index (χ0) is 16.7. The number of hydrogen-bond donors (Lipinski definition) is 0. The lowest BCUT2D eigenvalue weighted by atomic mass is 10.2. The van der Waals surface area contributed by atoms with Crippen LogP contribution in [0.15, 0.2) is 51.3 Å². The second kappa shape index (κ2) is 5.68. The Morgan fingerprint density at radius 2 is 2.21 bits per heavy atom. The molecule has 3 aromatic heterocycles. The zero-order valence-corrected chi connectivity index (χ0v) is 13.5. The molecule has 0 saturated carbocycles. The molecule has 0 aliphatic heterocycles. The molecule has 0 bridgehead atoms. The largest absolute Gasteiger partial charge is 0.440 e. The third kappa shape index (κ3) is 2.52. The van der Waals surface area contributed by atoms with Gasteiger partial charge in [-0.1, -0.05) is 6.07 Å². The van der Waals surface area contributed by atoms with Crippen LogP contribution in [0.1, 0.15) is 11.5 Å². The normalized spacial score (nSPS) is 11.2. The van der Waals surface area contributed by atoms with E-state index in [1.54, 1.807) is 0 Å². The summed E-state index contributed by atoms with van der Waals surface area (Å²) in [5.74, 6) is 0.783. The van der Waals surface area contributed by atoms with Gasteiger partial charge in [0.1, 0.15) is 17.3 Å². The van der Waals surface area contributed by atoms with Crippen molar-refractivity contribution in [1.29, 1.82) is 0 Å². The first-order valence-corrected chi connectivity index (χ1v) is 8.14. The summed E-state index contributed by atoms with van der Waals surface area (Å²) in [6, 6.07) is 7.81. The number of fused-ring (bicyclic) bond motifs is 1. The predicted octanol–water partition coefficient (Wildman–Crippen LogP) is 3.61. The molecule has 1 aromatic carbocycles. The Kier molecular flexibility index (Phi) is 3.50. The quantitative estimate of drug-likeness (QED) is 0.571. The summed E-state index contributed by atoms with van der Waals surface area (Å²) in [6.07, 6.45) is 1.41. The number of thiophene rings is 1. The molecule has 5 nitrogen and oxygen atoms in total. The van der Waals surface area contributed by atoms with Crippen LogP contribution in [0.4, 0.5) is 4.39 Å². The Bertz CT molecular complexity index is 1080. The van der Waals surface area contributed by atoms with Gasteiger partial charge in [0.25, 0.3) is 5.56 Å². The molecule has 0 radical (unpaired) electrons. The number of rotatable bonds is 3. The van der Waals surface area contributed by atoms with Gasteiger partial charge in [0.05, 0.1) is 28.7 Å². The fourth-order valence-electron chi connectivity index (χ4n) is 2.49. The molecule has 0 aliphatic carbocycles. The molecule has 7 heteroatoms. The minimum atomic E-state index is -0.417. The van der Waals surface area contributed by atoms with Crippen molar-refractivity contribution in [3.05, 3.63) is 69.7 Å². The molecule has 3 heterocycles. The predicted molar refractivity (Wildman–Crippen MR) is 89.6 cm³/mol. The van der Waals surface area contributed by atoms with E-state index in [2.05, 4.69) is 9.97 Å². The molecule has 4 aromatic rings. The number of aromatic nitrogens is 3. The average molecular weight is 341 g/mol. The Hall–Kier alpha value is -2.80. The lowest BCUT2D eigenvalue weighted by molar-refractivity contribution is 0.538. The van der Waals surface area contributed by atoms with Crippen molar-refractivity contribution in [2.24, 2.45) is 0 Å². The van der Waals surface area contributed by atoms with Crippen LogP contribution in [0.2, 0.25) is 0 Å². The highest BCUT2D eigenvalue weighted by molar-refractivity contribution is 7.13. The van der Waals surface area contributed by atoms with Gasteiger partial charge in [-0.3, -0.25) is 9.36 Å². The fourth-order valence-corrected chi connectivity index (χ4v) is 3.13.